The first kappa shape index (κ1) is 11.6. The van der Waals surface area contributed by atoms with Crippen molar-refractivity contribution in [1.82, 2.24) is 15.1 Å². The van der Waals surface area contributed by atoms with Crippen LogP contribution in [0.2, 0.25) is 0 Å². The fraction of sp³-hybridized carbons (Fsp3) is 0.385. The van der Waals surface area contributed by atoms with Crippen LogP contribution in [0.5, 0.6) is 0 Å². The van der Waals surface area contributed by atoms with Crippen molar-refractivity contribution in [1.29, 1.82) is 0 Å². The van der Waals surface area contributed by atoms with E-state index >= 15 is 0 Å². The molecule has 0 bridgehead atoms. The summed E-state index contributed by atoms with van der Waals surface area (Å²) in [6, 6.07) is 8.70. The van der Waals surface area contributed by atoms with E-state index in [1.54, 1.807) is 11.3 Å². The van der Waals surface area contributed by atoms with Gasteiger partial charge in [-0.3, -0.25) is 4.90 Å². The second kappa shape index (κ2) is 5.04. The SMILES string of the molecule is CNc1nnc(CN2CCc3ccccc3C2)s1. The van der Waals surface area contributed by atoms with Crippen molar-refractivity contribution in [3.8, 4) is 0 Å². The summed E-state index contributed by atoms with van der Waals surface area (Å²) in [6.07, 6.45) is 1.13. The van der Waals surface area contributed by atoms with Gasteiger partial charge in [0.05, 0.1) is 6.54 Å². The predicted octanol–water partition coefficient (Wildman–Crippen LogP) is 2.14. The molecule has 2 aromatic rings. The summed E-state index contributed by atoms with van der Waals surface area (Å²) in [4.78, 5) is 2.43. The molecule has 3 rings (SSSR count). The third-order valence-corrected chi connectivity index (χ3v) is 4.17. The molecule has 0 amide bonds. The van der Waals surface area contributed by atoms with Crippen LogP contribution in [0.4, 0.5) is 5.13 Å². The third-order valence-electron chi connectivity index (χ3n) is 3.25. The highest BCUT2D eigenvalue weighted by Gasteiger charge is 2.17. The Balaban J connectivity index is 1.69. The van der Waals surface area contributed by atoms with E-state index in [1.807, 2.05) is 7.05 Å². The molecule has 0 unspecified atom stereocenters. The number of benzene rings is 1. The number of hydrogen-bond acceptors (Lipinski definition) is 5. The predicted molar refractivity (Wildman–Crippen MR) is 73.7 cm³/mol. The van der Waals surface area contributed by atoms with Gasteiger partial charge in [-0.05, 0) is 17.5 Å². The van der Waals surface area contributed by atoms with Gasteiger partial charge in [-0.2, -0.15) is 0 Å². The summed E-state index contributed by atoms with van der Waals surface area (Å²) in [5, 5.41) is 13.3. The van der Waals surface area contributed by atoms with Crippen LogP contribution in [-0.4, -0.2) is 28.7 Å². The molecule has 18 heavy (non-hydrogen) atoms. The average molecular weight is 260 g/mol. The summed E-state index contributed by atoms with van der Waals surface area (Å²) in [6.45, 7) is 3.02. The Bertz CT molecular complexity index is 537. The molecule has 2 heterocycles. The molecule has 94 valence electrons. The monoisotopic (exact) mass is 260 g/mol. The summed E-state index contributed by atoms with van der Waals surface area (Å²) in [5.74, 6) is 0. The Labute approximate surface area is 111 Å². The van der Waals surface area contributed by atoms with E-state index in [9.17, 15) is 0 Å². The molecule has 0 atom stereocenters. The summed E-state index contributed by atoms with van der Waals surface area (Å²) >= 11 is 1.63. The van der Waals surface area contributed by atoms with E-state index in [2.05, 4.69) is 44.7 Å². The molecule has 0 saturated carbocycles. The van der Waals surface area contributed by atoms with E-state index in [1.165, 1.54) is 11.1 Å². The van der Waals surface area contributed by atoms with Crippen molar-refractivity contribution in [2.75, 3.05) is 18.9 Å². The Morgan fingerprint density at radius 2 is 2.11 bits per heavy atom. The molecule has 0 spiro atoms. The molecule has 1 aromatic carbocycles. The van der Waals surface area contributed by atoms with Gasteiger partial charge < -0.3 is 5.32 Å². The van der Waals surface area contributed by atoms with Crippen LogP contribution in [0.3, 0.4) is 0 Å². The van der Waals surface area contributed by atoms with Crippen LogP contribution >= 0.6 is 11.3 Å². The average Bonchev–Trinajstić information content (AvgIpc) is 2.86. The van der Waals surface area contributed by atoms with Crippen LogP contribution in [0.25, 0.3) is 0 Å². The number of aromatic nitrogens is 2. The van der Waals surface area contributed by atoms with Gasteiger partial charge in [-0.15, -0.1) is 10.2 Å². The maximum Gasteiger partial charge on any atom is 0.205 e. The molecule has 1 aliphatic rings. The van der Waals surface area contributed by atoms with E-state index in [0.717, 1.165) is 36.2 Å². The van der Waals surface area contributed by atoms with Crippen LogP contribution < -0.4 is 5.32 Å². The van der Waals surface area contributed by atoms with Gasteiger partial charge in [0.1, 0.15) is 5.01 Å². The molecular weight excluding hydrogens is 244 g/mol. The molecule has 1 N–H and O–H groups in total. The van der Waals surface area contributed by atoms with E-state index < -0.39 is 0 Å². The molecule has 5 heteroatoms. The maximum atomic E-state index is 4.20. The number of nitrogens with zero attached hydrogens (tertiary/aromatic N) is 3. The van der Waals surface area contributed by atoms with E-state index in [-0.39, 0.29) is 0 Å². The summed E-state index contributed by atoms with van der Waals surface area (Å²) in [5.41, 5.74) is 2.93. The zero-order valence-corrected chi connectivity index (χ0v) is 11.2. The molecule has 1 aliphatic heterocycles. The van der Waals surface area contributed by atoms with Crippen molar-refractivity contribution < 1.29 is 0 Å². The standard InChI is InChI=1S/C13H16N4S/c1-14-13-16-15-12(18-13)9-17-7-6-10-4-2-3-5-11(10)8-17/h2-5H,6-9H2,1H3,(H,14,16). The number of rotatable bonds is 3. The van der Waals surface area contributed by atoms with E-state index in [0.29, 0.717) is 0 Å². The fourth-order valence-electron chi connectivity index (χ4n) is 2.30. The lowest BCUT2D eigenvalue weighted by Crippen LogP contribution is -2.29. The lowest BCUT2D eigenvalue weighted by molar-refractivity contribution is 0.244. The number of hydrogen-bond donors (Lipinski definition) is 1. The molecule has 4 nitrogen and oxygen atoms in total. The van der Waals surface area contributed by atoms with Gasteiger partial charge in [-0.25, -0.2) is 0 Å². The lowest BCUT2D eigenvalue weighted by atomic mass is 10.0. The quantitative estimate of drug-likeness (QED) is 0.918. The minimum atomic E-state index is 0.891. The van der Waals surface area contributed by atoms with Crippen molar-refractivity contribution in [2.24, 2.45) is 0 Å². The van der Waals surface area contributed by atoms with Gasteiger partial charge in [0.2, 0.25) is 5.13 Å². The minimum Gasteiger partial charge on any atom is -0.363 e. The molecular formula is C13H16N4S. The maximum absolute atomic E-state index is 4.20. The topological polar surface area (TPSA) is 41.1 Å². The van der Waals surface area contributed by atoms with Crippen LogP contribution in [-0.2, 0) is 19.5 Å². The Morgan fingerprint density at radius 1 is 1.28 bits per heavy atom. The van der Waals surface area contributed by atoms with Gasteiger partial charge in [0.25, 0.3) is 0 Å². The largest absolute Gasteiger partial charge is 0.363 e. The number of fused-ring (bicyclic) bond motifs is 1. The first-order valence-electron chi connectivity index (χ1n) is 6.14. The highest BCUT2D eigenvalue weighted by atomic mass is 32.1. The van der Waals surface area contributed by atoms with Crippen molar-refractivity contribution in [3.05, 3.63) is 40.4 Å². The zero-order valence-electron chi connectivity index (χ0n) is 10.4. The lowest BCUT2D eigenvalue weighted by Gasteiger charge is -2.27. The first-order valence-corrected chi connectivity index (χ1v) is 6.96. The number of nitrogens with one attached hydrogen (secondary N) is 1. The minimum absolute atomic E-state index is 0.891. The van der Waals surface area contributed by atoms with Crippen LogP contribution in [0.1, 0.15) is 16.1 Å². The second-order valence-corrected chi connectivity index (χ2v) is 5.54. The third kappa shape index (κ3) is 2.37. The van der Waals surface area contributed by atoms with Gasteiger partial charge in [0, 0.05) is 20.1 Å². The highest BCUT2D eigenvalue weighted by Crippen LogP contribution is 2.22. The zero-order chi connectivity index (χ0) is 12.4. The molecule has 0 saturated heterocycles. The fourth-order valence-corrected chi connectivity index (χ4v) is 3.03. The Hall–Kier alpha value is -1.46. The molecule has 1 aromatic heterocycles. The van der Waals surface area contributed by atoms with Crippen molar-refractivity contribution in [2.45, 2.75) is 19.5 Å². The van der Waals surface area contributed by atoms with Gasteiger partial charge in [-0.1, -0.05) is 35.6 Å². The van der Waals surface area contributed by atoms with Crippen LogP contribution in [0.15, 0.2) is 24.3 Å². The Kier molecular flexibility index (Phi) is 3.25. The molecule has 0 radical (unpaired) electrons. The smallest absolute Gasteiger partial charge is 0.205 e. The van der Waals surface area contributed by atoms with Crippen molar-refractivity contribution >= 4 is 16.5 Å². The normalized spacial score (nSPS) is 15.4. The molecule has 0 aliphatic carbocycles. The second-order valence-electron chi connectivity index (χ2n) is 4.48. The summed E-state index contributed by atoms with van der Waals surface area (Å²) in [7, 11) is 1.88. The molecule has 0 fully saturated rings. The Morgan fingerprint density at radius 3 is 2.89 bits per heavy atom. The van der Waals surface area contributed by atoms with Crippen molar-refractivity contribution in [3.63, 3.8) is 0 Å². The van der Waals surface area contributed by atoms with Gasteiger partial charge in [0.15, 0.2) is 0 Å². The van der Waals surface area contributed by atoms with Crippen LogP contribution in [0, 0.1) is 0 Å². The number of anilines is 1. The summed E-state index contributed by atoms with van der Waals surface area (Å²) < 4.78 is 0. The first-order chi connectivity index (χ1) is 8.85. The van der Waals surface area contributed by atoms with Gasteiger partial charge >= 0.3 is 0 Å². The highest BCUT2D eigenvalue weighted by molar-refractivity contribution is 7.15. The van der Waals surface area contributed by atoms with E-state index in [4.69, 9.17) is 0 Å².